The minimum atomic E-state index is -1.95. The van der Waals surface area contributed by atoms with Crippen LogP contribution in [0.4, 0.5) is 0 Å². The number of hydrogen-bond donors (Lipinski definition) is 2. The highest BCUT2D eigenvalue weighted by Gasteiger charge is 2.40. The summed E-state index contributed by atoms with van der Waals surface area (Å²) in [5, 5.41) is 21.3. The van der Waals surface area contributed by atoms with E-state index >= 15 is 0 Å². The van der Waals surface area contributed by atoms with Gasteiger partial charge in [0.05, 0.1) is 0 Å². The fourth-order valence-electron chi connectivity index (χ4n) is 2.70. The monoisotopic (exact) mass is 348 g/mol. The van der Waals surface area contributed by atoms with Gasteiger partial charge in [0.15, 0.2) is 11.1 Å². The molecule has 0 fully saturated rings. The molecule has 0 spiro atoms. The van der Waals surface area contributed by atoms with E-state index in [1.165, 1.54) is 12.3 Å². The first-order chi connectivity index (χ1) is 12.4. The van der Waals surface area contributed by atoms with Gasteiger partial charge in [0.2, 0.25) is 0 Å². The van der Waals surface area contributed by atoms with Gasteiger partial charge in [-0.2, -0.15) is 9.72 Å². The molecule has 0 atom stereocenters. The van der Waals surface area contributed by atoms with Gasteiger partial charge >= 0.3 is 0 Å². The number of hydrogen-bond acceptors (Lipinski definition) is 3. The number of aliphatic hydroxyl groups is 1. The Hall–Kier alpha value is -3.18. The molecule has 1 amide bonds. The third kappa shape index (κ3) is 3.30. The summed E-state index contributed by atoms with van der Waals surface area (Å²) in [5.41, 5.74) is 0.947. The number of amides is 1. The molecule has 26 heavy (non-hydrogen) atoms. The number of carbonyl (C=O) groups is 1. The van der Waals surface area contributed by atoms with Gasteiger partial charge in [-0.05, 0) is 37.1 Å². The van der Waals surface area contributed by atoms with Crippen LogP contribution in [0.25, 0.3) is 0 Å². The average Bonchev–Trinajstić information content (AvgIpc) is 2.64. The summed E-state index contributed by atoms with van der Waals surface area (Å²) in [6.07, 6.45) is 1.36. The molecule has 0 aliphatic heterocycles. The fraction of sp³-hybridized carbons (Fsp3) is 0.143. The maximum atomic E-state index is 13.0. The predicted molar refractivity (Wildman–Crippen MR) is 97.5 cm³/mol. The van der Waals surface area contributed by atoms with Crippen LogP contribution in [0.2, 0.25) is 0 Å². The van der Waals surface area contributed by atoms with Gasteiger partial charge in [-0.15, -0.1) is 0 Å². The van der Waals surface area contributed by atoms with E-state index in [-0.39, 0.29) is 5.49 Å². The van der Waals surface area contributed by atoms with E-state index in [1.807, 2.05) is 38.1 Å². The molecule has 0 radical (unpaired) electrons. The minimum Gasteiger partial charge on any atom is -0.427 e. The molecule has 2 N–H and O–H groups in total. The summed E-state index contributed by atoms with van der Waals surface area (Å²) in [5.74, 6) is -0.779. The Labute approximate surface area is 151 Å². The molecule has 0 aliphatic rings. The van der Waals surface area contributed by atoms with Crippen LogP contribution >= 0.6 is 0 Å². The molecule has 3 aromatic rings. The lowest BCUT2D eigenvalue weighted by Crippen LogP contribution is -2.37. The maximum Gasteiger partial charge on any atom is 0.289 e. The van der Waals surface area contributed by atoms with Gasteiger partial charge < -0.3 is 10.3 Å². The first-order valence-electron chi connectivity index (χ1n) is 8.24. The quantitative estimate of drug-likeness (QED) is 0.715. The largest absolute Gasteiger partial charge is 0.427 e. The fourth-order valence-corrected chi connectivity index (χ4v) is 2.70. The highest BCUT2D eigenvalue weighted by atomic mass is 16.5. The molecule has 5 heteroatoms. The van der Waals surface area contributed by atoms with Gasteiger partial charge in [0.25, 0.3) is 5.91 Å². The number of pyridine rings is 1. The van der Waals surface area contributed by atoms with E-state index < -0.39 is 11.5 Å². The minimum absolute atomic E-state index is 0.0372. The summed E-state index contributed by atoms with van der Waals surface area (Å²) in [7, 11) is 0. The van der Waals surface area contributed by atoms with Crippen LogP contribution in [-0.2, 0) is 10.4 Å². The molecule has 0 aliphatic carbocycles. The van der Waals surface area contributed by atoms with Crippen LogP contribution in [0.3, 0.4) is 0 Å². The predicted octanol–water partition coefficient (Wildman–Crippen LogP) is 2.71. The van der Waals surface area contributed by atoms with Crippen LogP contribution in [0.1, 0.15) is 22.3 Å². The molecule has 3 rings (SSSR count). The van der Waals surface area contributed by atoms with Gasteiger partial charge in [-0.25, -0.2) is 0 Å². The third-order valence-electron chi connectivity index (χ3n) is 4.28. The van der Waals surface area contributed by atoms with Crippen molar-refractivity contribution in [1.82, 2.24) is 4.73 Å². The van der Waals surface area contributed by atoms with Crippen molar-refractivity contribution in [1.29, 1.82) is 0 Å². The lowest BCUT2D eigenvalue weighted by Gasteiger charge is -2.26. The number of aromatic nitrogens is 1. The van der Waals surface area contributed by atoms with Gasteiger partial charge in [0, 0.05) is 6.20 Å². The van der Waals surface area contributed by atoms with Crippen molar-refractivity contribution < 1.29 is 15.1 Å². The second kappa shape index (κ2) is 6.98. The first-order valence-corrected chi connectivity index (χ1v) is 8.24. The number of aryl methyl sites for hydroxylation is 2. The zero-order valence-corrected chi connectivity index (χ0v) is 14.6. The molecule has 1 heterocycles. The van der Waals surface area contributed by atoms with Crippen molar-refractivity contribution in [3.05, 3.63) is 101 Å². The Morgan fingerprint density at radius 1 is 0.885 bits per heavy atom. The van der Waals surface area contributed by atoms with E-state index in [0.717, 1.165) is 15.9 Å². The molecule has 1 aromatic heterocycles. The topological polar surface area (TPSA) is 74.8 Å². The standard InChI is InChI=1S/C21H20N2O3/c1-15-6-10-17(11-7-15)21(25,18-12-8-16(2)9-13-18)20(24)22-19-5-3-4-14-23(19)26/h3-14,25-26H,1-2H3. The van der Waals surface area contributed by atoms with Gasteiger partial charge in [0.1, 0.15) is 0 Å². The van der Waals surface area contributed by atoms with E-state index in [2.05, 4.69) is 4.99 Å². The number of nitrogens with zero attached hydrogens (tertiary/aromatic N) is 2. The zero-order valence-electron chi connectivity index (χ0n) is 14.6. The summed E-state index contributed by atoms with van der Waals surface area (Å²) in [6, 6.07) is 18.9. The first kappa shape index (κ1) is 17.6. The van der Waals surface area contributed by atoms with Gasteiger partial charge in [-0.3, -0.25) is 4.79 Å². The normalized spacial score (nSPS) is 12.2. The molecule has 0 saturated carbocycles. The number of carbonyl (C=O) groups excluding carboxylic acids is 1. The van der Waals surface area contributed by atoms with Crippen LogP contribution in [0.15, 0.2) is 77.9 Å². The Morgan fingerprint density at radius 3 is 1.85 bits per heavy atom. The second-order valence-electron chi connectivity index (χ2n) is 6.26. The maximum absolute atomic E-state index is 13.0. The third-order valence-corrected chi connectivity index (χ3v) is 4.28. The van der Waals surface area contributed by atoms with Crippen LogP contribution in [0, 0.1) is 13.8 Å². The van der Waals surface area contributed by atoms with Crippen molar-refractivity contribution in [3.8, 4) is 0 Å². The highest BCUT2D eigenvalue weighted by molar-refractivity contribution is 5.90. The molecular formula is C21H20N2O3. The molecule has 0 saturated heterocycles. The zero-order chi connectivity index (χ0) is 18.7. The number of benzene rings is 2. The van der Waals surface area contributed by atoms with E-state index in [4.69, 9.17) is 0 Å². The van der Waals surface area contributed by atoms with Crippen molar-refractivity contribution in [3.63, 3.8) is 0 Å². The van der Waals surface area contributed by atoms with Crippen molar-refractivity contribution in [2.75, 3.05) is 0 Å². The van der Waals surface area contributed by atoms with Crippen LogP contribution in [-0.4, -0.2) is 21.0 Å². The summed E-state index contributed by atoms with van der Waals surface area (Å²) >= 11 is 0. The Balaban J connectivity index is 2.19. The van der Waals surface area contributed by atoms with Crippen molar-refractivity contribution in [2.45, 2.75) is 19.4 Å². The lowest BCUT2D eigenvalue weighted by molar-refractivity contribution is -0.133. The Bertz CT molecular complexity index is 941. The summed E-state index contributed by atoms with van der Waals surface area (Å²) in [4.78, 5) is 17.0. The molecule has 132 valence electrons. The van der Waals surface area contributed by atoms with E-state index in [9.17, 15) is 15.1 Å². The summed E-state index contributed by atoms with van der Waals surface area (Å²) in [6.45, 7) is 3.86. The van der Waals surface area contributed by atoms with Gasteiger partial charge in [-0.1, -0.05) is 65.7 Å². The lowest BCUT2D eigenvalue weighted by atomic mass is 9.85. The van der Waals surface area contributed by atoms with Crippen LogP contribution in [0.5, 0.6) is 0 Å². The molecular weight excluding hydrogens is 328 g/mol. The Morgan fingerprint density at radius 2 is 1.38 bits per heavy atom. The molecule has 2 aromatic carbocycles. The van der Waals surface area contributed by atoms with E-state index in [1.54, 1.807) is 36.4 Å². The molecule has 0 unspecified atom stereocenters. The second-order valence-corrected chi connectivity index (χ2v) is 6.26. The molecule has 5 nitrogen and oxygen atoms in total. The van der Waals surface area contributed by atoms with Crippen molar-refractivity contribution >= 4 is 5.91 Å². The highest BCUT2D eigenvalue weighted by Crippen LogP contribution is 2.31. The SMILES string of the molecule is Cc1ccc(C(O)(C(=O)N=c2ccccn2O)c2ccc(C)cc2)cc1. The Kier molecular flexibility index (Phi) is 4.73. The van der Waals surface area contributed by atoms with Crippen LogP contribution < -0.4 is 5.49 Å². The van der Waals surface area contributed by atoms with E-state index in [0.29, 0.717) is 11.1 Å². The average molecular weight is 348 g/mol. The summed E-state index contributed by atoms with van der Waals surface area (Å²) < 4.78 is 0.739. The smallest absolute Gasteiger partial charge is 0.289 e. The van der Waals surface area contributed by atoms with Crippen molar-refractivity contribution in [2.24, 2.45) is 4.99 Å². The number of rotatable bonds is 3. The molecule has 0 bridgehead atoms.